The zero-order chi connectivity index (χ0) is 13.9. The molecule has 2 unspecified atom stereocenters. The molecule has 2 atom stereocenters. The Hall–Kier alpha value is -0.380. The Morgan fingerprint density at radius 3 is 2.85 bits per heavy atom. The summed E-state index contributed by atoms with van der Waals surface area (Å²) in [6, 6.07) is 10.3. The zero-order valence-electron chi connectivity index (χ0n) is 12.3. The maximum Gasteiger partial charge on any atom is 0.0385 e. The number of halogens is 1. The Morgan fingerprint density at radius 2 is 2.10 bits per heavy atom. The molecule has 1 N–H and O–H groups in total. The third-order valence-corrected chi connectivity index (χ3v) is 5.19. The molecule has 3 rings (SSSR count). The van der Waals surface area contributed by atoms with Crippen molar-refractivity contribution >= 4 is 15.9 Å². The van der Waals surface area contributed by atoms with Crippen LogP contribution in [0.3, 0.4) is 0 Å². The average molecular weight is 337 g/mol. The molecule has 1 aromatic carbocycles. The maximum atomic E-state index is 3.75. The highest BCUT2D eigenvalue weighted by molar-refractivity contribution is 9.10. The summed E-state index contributed by atoms with van der Waals surface area (Å²) in [5.41, 5.74) is 1.46. The first-order valence-electron chi connectivity index (χ1n) is 7.93. The molecule has 20 heavy (non-hydrogen) atoms. The highest BCUT2D eigenvalue weighted by Crippen LogP contribution is 2.35. The van der Waals surface area contributed by atoms with Crippen LogP contribution in [0.4, 0.5) is 0 Å². The summed E-state index contributed by atoms with van der Waals surface area (Å²) in [7, 11) is 2.29. The van der Waals surface area contributed by atoms with Gasteiger partial charge in [0.1, 0.15) is 0 Å². The van der Waals surface area contributed by atoms with Crippen LogP contribution < -0.4 is 5.32 Å². The van der Waals surface area contributed by atoms with Gasteiger partial charge in [-0.25, -0.2) is 0 Å². The van der Waals surface area contributed by atoms with E-state index < -0.39 is 0 Å². The lowest BCUT2D eigenvalue weighted by Crippen LogP contribution is -2.35. The van der Waals surface area contributed by atoms with Gasteiger partial charge >= 0.3 is 0 Å². The molecule has 1 saturated carbocycles. The maximum absolute atomic E-state index is 3.75. The quantitative estimate of drug-likeness (QED) is 0.894. The van der Waals surface area contributed by atoms with Crippen LogP contribution in [0.25, 0.3) is 0 Å². The monoisotopic (exact) mass is 336 g/mol. The lowest BCUT2D eigenvalue weighted by atomic mass is 9.89. The Balaban J connectivity index is 1.79. The van der Waals surface area contributed by atoms with Crippen molar-refractivity contribution < 1.29 is 0 Å². The number of hydrogen-bond acceptors (Lipinski definition) is 2. The molecule has 0 aromatic heterocycles. The van der Waals surface area contributed by atoms with E-state index in [2.05, 4.69) is 57.5 Å². The second kappa shape index (κ2) is 6.59. The topological polar surface area (TPSA) is 15.3 Å². The number of hydrogen-bond donors (Lipinski definition) is 1. The van der Waals surface area contributed by atoms with Crippen LogP contribution in [0.5, 0.6) is 0 Å². The summed E-state index contributed by atoms with van der Waals surface area (Å²) >= 11 is 3.63. The normalized spacial score (nSPS) is 28.3. The smallest absolute Gasteiger partial charge is 0.0385 e. The Labute approximate surface area is 131 Å². The molecular weight excluding hydrogens is 312 g/mol. The van der Waals surface area contributed by atoms with Gasteiger partial charge in [-0.1, -0.05) is 34.5 Å². The summed E-state index contributed by atoms with van der Waals surface area (Å²) in [4.78, 5) is 2.56. The molecule has 0 radical (unpaired) electrons. The summed E-state index contributed by atoms with van der Waals surface area (Å²) in [5.74, 6) is 0.734. The van der Waals surface area contributed by atoms with Gasteiger partial charge in [-0.05, 0) is 62.9 Å². The van der Waals surface area contributed by atoms with E-state index in [0.29, 0.717) is 6.04 Å². The van der Waals surface area contributed by atoms with Gasteiger partial charge in [0, 0.05) is 23.1 Å². The zero-order valence-corrected chi connectivity index (χ0v) is 13.9. The first kappa shape index (κ1) is 14.6. The Morgan fingerprint density at radius 1 is 1.25 bits per heavy atom. The summed E-state index contributed by atoms with van der Waals surface area (Å²) in [5, 5.41) is 3.75. The molecule has 0 amide bonds. The molecule has 1 saturated heterocycles. The van der Waals surface area contributed by atoms with Crippen molar-refractivity contribution in [1.29, 1.82) is 0 Å². The fourth-order valence-corrected chi connectivity index (χ4v) is 3.88. The van der Waals surface area contributed by atoms with Gasteiger partial charge in [0.15, 0.2) is 0 Å². The van der Waals surface area contributed by atoms with Crippen LogP contribution in [0.1, 0.15) is 43.7 Å². The molecule has 0 bridgehead atoms. The SMILES string of the molecule is CN1CCCCC(CNC2CC2)C1c1cccc(Br)c1. The highest BCUT2D eigenvalue weighted by Gasteiger charge is 2.30. The predicted molar refractivity (Wildman–Crippen MR) is 87.9 cm³/mol. The van der Waals surface area contributed by atoms with Gasteiger partial charge in [0.25, 0.3) is 0 Å². The van der Waals surface area contributed by atoms with Crippen LogP contribution in [-0.4, -0.2) is 31.1 Å². The van der Waals surface area contributed by atoms with E-state index in [-0.39, 0.29) is 0 Å². The number of benzene rings is 1. The van der Waals surface area contributed by atoms with E-state index in [4.69, 9.17) is 0 Å². The molecule has 1 aromatic rings. The van der Waals surface area contributed by atoms with Crippen LogP contribution in [-0.2, 0) is 0 Å². The molecule has 1 aliphatic carbocycles. The van der Waals surface area contributed by atoms with E-state index in [1.165, 1.54) is 55.2 Å². The minimum atomic E-state index is 0.557. The van der Waals surface area contributed by atoms with Gasteiger partial charge < -0.3 is 5.32 Å². The predicted octanol–water partition coefficient (Wildman–Crippen LogP) is 3.97. The minimum Gasteiger partial charge on any atom is -0.314 e. The summed E-state index contributed by atoms with van der Waals surface area (Å²) in [6.45, 7) is 2.39. The molecule has 1 aliphatic heterocycles. The second-order valence-corrected chi connectivity index (χ2v) is 7.33. The number of likely N-dealkylation sites (tertiary alicyclic amines) is 1. The van der Waals surface area contributed by atoms with Crippen LogP contribution in [0.15, 0.2) is 28.7 Å². The summed E-state index contributed by atoms with van der Waals surface area (Å²) in [6.07, 6.45) is 6.81. The van der Waals surface area contributed by atoms with E-state index in [9.17, 15) is 0 Å². The van der Waals surface area contributed by atoms with E-state index >= 15 is 0 Å². The second-order valence-electron chi connectivity index (χ2n) is 6.42. The van der Waals surface area contributed by atoms with Gasteiger partial charge in [-0.15, -0.1) is 0 Å². The van der Waals surface area contributed by atoms with Crippen LogP contribution in [0, 0.1) is 5.92 Å². The number of rotatable bonds is 4. The van der Waals surface area contributed by atoms with Crippen molar-refractivity contribution in [3.05, 3.63) is 34.3 Å². The van der Waals surface area contributed by atoms with Crippen molar-refractivity contribution in [1.82, 2.24) is 10.2 Å². The lowest BCUT2D eigenvalue weighted by Gasteiger charge is -2.33. The number of nitrogens with one attached hydrogen (secondary N) is 1. The van der Waals surface area contributed by atoms with E-state index in [0.717, 1.165) is 12.0 Å². The molecule has 1 heterocycles. The third kappa shape index (κ3) is 3.63. The molecule has 2 nitrogen and oxygen atoms in total. The fourth-order valence-electron chi connectivity index (χ4n) is 3.46. The largest absolute Gasteiger partial charge is 0.314 e. The van der Waals surface area contributed by atoms with Crippen molar-refractivity contribution in [3.63, 3.8) is 0 Å². The van der Waals surface area contributed by atoms with Crippen molar-refractivity contribution in [3.8, 4) is 0 Å². The molecular formula is C17H25BrN2. The molecule has 0 spiro atoms. The van der Waals surface area contributed by atoms with Crippen LogP contribution >= 0.6 is 15.9 Å². The van der Waals surface area contributed by atoms with Crippen molar-refractivity contribution in [2.75, 3.05) is 20.1 Å². The number of nitrogens with zero attached hydrogens (tertiary/aromatic N) is 1. The van der Waals surface area contributed by atoms with Gasteiger partial charge in [-0.3, -0.25) is 4.90 Å². The third-order valence-electron chi connectivity index (χ3n) is 4.69. The molecule has 2 fully saturated rings. The van der Waals surface area contributed by atoms with Crippen LogP contribution in [0.2, 0.25) is 0 Å². The van der Waals surface area contributed by atoms with E-state index in [1.807, 2.05) is 0 Å². The summed E-state index contributed by atoms with van der Waals surface area (Å²) < 4.78 is 1.20. The standard InChI is InChI=1S/C17H25BrN2/c1-20-10-3-2-5-14(12-19-16-8-9-16)17(20)13-6-4-7-15(18)11-13/h4,6-7,11,14,16-17,19H,2-3,5,8-10,12H2,1H3. The van der Waals surface area contributed by atoms with Crippen molar-refractivity contribution in [2.45, 2.75) is 44.2 Å². The van der Waals surface area contributed by atoms with Gasteiger partial charge in [0.05, 0.1) is 0 Å². The first-order chi connectivity index (χ1) is 9.74. The fraction of sp³-hybridized carbons (Fsp3) is 0.647. The van der Waals surface area contributed by atoms with Gasteiger partial charge in [-0.2, -0.15) is 0 Å². The Kier molecular flexibility index (Phi) is 4.79. The van der Waals surface area contributed by atoms with E-state index in [1.54, 1.807) is 0 Å². The molecule has 2 aliphatic rings. The van der Waals surface area contributed by atoms with Gasteiger partial charge in [0.2, 0.25) is 0 Å². The highest BCUT2D eigenvalue weighted by atomic mass is 79.9. The minimum absolute atomic E-state index is 0.557. The average Bonchev–Trinajstić information content (AvgIpc) is 3.24. The van der Waals surface area contributed by atoms with Crippen molar-refractivity contribution in [2.24, 2.45) is 5.92 Å². The lowest BCUT2D eigenvalue weighted by molar-refractivity contribution is 0.188. The molecule has 110 valence electrons. The first-order valence-corrected chi connectivity index (χ1v) is 8.72. The molecule has 3 heteroatoms. The Bertz CT molecular complexity index is 444.